The normalized spacial score (nSPS) is 10.0. The third kappa shape index (κ3) is 1.66. The molecule has 0 bridgehead atoms. The van der Waals surface area contributed by atoms with Gasteiger partial charge in [-0.25, -0.2) is 0 Å². The van der Waals surface area contributed by atoms with E-state index in [9.17, 15) is 4.79 Å². The van der Waals surface area contributed by atoms with Crippen LogP contribution in [0.15, 0.2) is 4.47 Å². The van der Waals surface area contributed by atoms with Gasteiger partial charge in [0, 0.05) is 14.0 Å². The molecule has 1 aromatic rings. The highest BCUT2D eigenvalue weighted by Crippen LogP contribution is 2.24. The fourth-order valence-corrected chi connectivity index (χ4v) is 1.37. The second-order valence-corrected chi connectivity index (χ2v) is 3.35. The molecule has 0 aliphatic heterocycles. The van der Waals surface area contributed by atoms with Crippen LogP contribution in [0.5, 0.6) is 0 Å². The molecule has 0 atom stereocenters. The lowest BCUT2D eigenvalue weighted by atomic mass is 10.4. The molecule has 4 nitrogen and oxygen atoms in total. The highest BCUT2D eigenvalue weighted by atomic mass is 79.9. The van der Waals surface area contributed by atoms with E-state index in [1.807, 2.05) is 6.92 Å². The minimum Gasteiger partial charge on any atom is -0.310 e. The lowest BCUT2D eigenvalue weighted by Crippen LogP contribution is -2.10. The van der Waals surface area contributed by atoms with Crippen LogP contribution in [0.2, 0.25) is 0 Å². The zero-order chi connectivity index (χ0) is 9.30. The van der Waals surface area contributed by atoms with Crippen LogP contribution < -0.4 is 5.32 Å². The first kappa shape index (κ1) is 9.25. The largest absolute Gasteiger partial charge is 0.310 e. The van der Waals surface area contributed by atoms with Crippen LogP contribution in [0.3, 0.4) is 0 Å². The zero-order valence-electron chi connectivity index (χ0n) is 7.18. The van der Waals surface area contributed by atoms with Crippen molar-refractivity contribution < 1.29 is 4.79 Å². The van der Waals surface area contributed by atoms with E-state index >= 15 is 0 Å². The molecule has 0 unspecified atom stereocenters. The highest BCUT2D eigenvalue weighted by Gasteiger charge is 2.10. The van der Waals surface area contributed by atoms with E-state index in [0.29, 0.717) is 5.82 Å². The van der Waals surface area contributed by atoms with Crippen LogP contribution in [-0.2, 0) is 11.8 Å². The molecule has 0 radical (unpaired) electrons. The Kier molecular flexibility index (Phi) is 2.52. The minimum absolute atomic E-state index is 0.0984. The van der Waals surface area contributed by atoms with E-state index in [1.165, 1.54) is 6.92 Å². The van der Waals surface area contributed by atoms with E-state index in [2.05, 4.69) is 26.3 Å². The van der Waals surface area contributed by atoms with E-state index in [1.54, 1.807) is 11.7 Å². The maximum atomic E-state index is 10.8. The van der Waals surface area contributed by atoms with E-state index in [4.69, 9.17) is 0 Å². The molecule has 1 aromatic heterocycles. The first-order valence-electron chi connectivity index (χ1n) is 3.49. The summed E-state index contributed by atoms with van der Waals surface area (Å²) in [7, 11) is 1.78. The van der Waals surface area contributed by atoms with Gasteiger partial charge in [-0.2, -0.15) is 5.10 Å². The van der Waals surface area contributed by atoms with Crippen molar-refractivity contribution in [2.75, 3.05) is 5.32 Å². The average Bonchev–Trinajstić information content (AvgIpc) is 2.16. The number of nitrogens with zero attached hydrogens (tertiary/aromatic N) is 2. The monoisotopic (exact) mass is 231 g/mol. The first-order valence-corrected chi connectivity index (χ1v) is 4.28. The summed E-state index contributed by atoms with van der Waals surface area (Å²) in [5, 5.41) is 6.80. The molecule has 0 spiro atoms. The number of aromatic nitrogens is 2. The summed E-state index contributed by atoms with van der Waals surface area (Å²) in [6.07, 6.45) is 0. The van der Waals surface area contributed by atoms with Gasteiger partial charge in [-0.1, -0.05) is 0 Å². The summed E-state index contributed by atoms with van der Waals surface area (Å²) in [5.41, 5.74) is 0.862. The van der Waals surface area contributed by atoms with Gasteiger partial charge >= 0.3 is 0 Å². The third-order valence-electron chi connectivity index (χ3n) is 1.44. The Labute approximate surface area is 79.1 Å². The van der Waals surface area contributed by atoms with Crippen LogP contribution in [-0.4, -0.2) is 15.7 Å². The number of hydrogen-bond acceptors (Lipinski definition) is 2. The van der Waals surface area contributed by atoms with Gasteiger partial charge in [-0.15, -0.1) is 0 Å². The Morgan fingerprint density at radius 1 is 1.67 bits per heavy atom. The lowest BCUT2D eigenvalue weighted by molar-refractivity contribution is -0.114. The lowest BCUT2D eigenvalue weighted by Gasteiger charge is -2.01. The number of carbonyl (C=O) groups excluding carboxylic acids is 1. The van der Waals surface area contributed by atoms with Crippen LogP contribution in [0.25, 0.3) is 0 Å². The number of hydrogen-bond donors (Lipinski definition) is 1. The van der Waals surface area contributed by atoms with Gasteiger partial charge in [-0.3, -0.25) is 9.48 Å². The van der Waals surface area contributed by atoms with E-state index in [0.717, 1.165) is 10.2 Å². The van der Waals surface area contributed by atoms with Crippen molar-refractivity contribution in [3.8, 4) is 0 Å². The molecule has 0 saturated heterocycles. The summed E-state index contributed by atoms with van der Waals surface area (Å²) in [5.74, 6) is 0.596. The molecule has 0 fully saturated rings. The van der Waals surface area contributed by atoms with Crippen molar-refractivity contribution in [3.63, 3.8) is 0 Å². The molecule has 1 N–H and O–H groups in total. The van der Waals surface area contributed by atoms with Crippen molar-refractivity contribution in [2.24, 2.45) is 7.05 Å². The Balaban J connectivity index is 3.05. The molecule has 0 aliphatic rings. The summed E-state index contributed by atoms with van der Waals surface area (Å²) >= 11 is 3.33. The molecule has 12 heavy (non-hydrogen) atoms. The number of halogens is 1. The SMILES string of the molecule is CC(=O)Nc1c(Br)c(C)nn1C. The first-order chi connectivity index (χ1) is 5.52. The number of rotatable bonds is 1. The van der Waals surface area contributed by atoms with Gasteiger partial charge in [0.15, 0.2) is 0 Å². The standard InChI is InChI=1S/C7H10BrN3O/c1-4-6(8)7(9-5(2)12)11(3)10-4/h1-3H3,(H,9,12). The third-order valence-corrected chi connectivity index (χ3v) is 2.39. The fraction of sp³-hybridized carbons (Fsp3) is 0.429. The molecule has 0 aromatic carbocycles. The number of anilines is 1. The van der Waals surface area contributed by atoms with Gasteiger partial charge in [0.05, 0.1) is 10.2 Å². The topological polar surface area (TPSA) is 46.9 Å². The maximum Gasteiger partial charge on any atom is 0.222 e. The molecular formula is C7H10BrN3O. The Morgan fingerprint density at radius 3 is 2.58 bits per heavy atom. The van der Waals surface area contributed by atoms with E-state index in [-0.39, 0.29) is 5.91 Å². The van der Waals surface area contributed by atoms with Crippen molar-refractivity contribution in [3.05, 3.63) is 10.2 Å². The van der Waals surface area contributed by atoms with Crippen molar-refractivity contribution >= 4 is 27.7 Å². The molecule has 1 amide bonds. The second kappa shape index (κ2) is 3.26. The summed E-state index contributed by atoms with van der Waals surface area (Å²) in [6.45, 7) is 3.34. The molecular weight excluding hydrogens is 222 g/mol. The van der Waals surface area contributed by atoms with Crippen molar-refractivity contribution in [1.29, 1.82) is 0 Å². The Morgan fingerprint density at radius 2 is 2.25 bits per heavy atom. The predicted molar refractivity (Wildman–Crippen MR) is 49.9 cm³/mol. The zero-order valence-corrected chi connectivity index (χ0v) is 8.77. The van der Waals surface area contributed by atoms with Crippen LogP contribution >= 0.6 is 15.9 Å². The van der Waals surface area contributed by atoms with Gasteiger partial charge in [0.1, 0.15) is 5.82 Å². The number of aryl methyl sites for hydroxylation is 2. The molecule has 1 heterocycles. The van der Waals surface area contributed by atoms with Crippen LogP contribution in [0, 0.1) is 6.92 Å². The number of nitrogens with one attached hydrogen (secondary N) is 1. The van der Waals surface area contributed by atoms with Crippen molar-refractivity contribution in [1.82, 2.24) is 9.78 Å². The highest BCUT2D eigenvalue weighted by molar-refractivity contribution is 9.10. The van der Waals surface area contributed by atoms with Gasteiger partial charge < -0.3 is 5.32 Å². The minimum atomic E-state index is -0.0984. The Bertz CT molecular complexity index is 319. The van der Waals surface area contributed by atoms with E-state index < -0.39 is 0 Å². The summed E-state index contributed by atoms with van der Waals surface area (Å²) < 4.78 is 2.46. The van der Waals surface area contributed by atoms with Crippen molar-refractivity contribution in [2.45, 2.75) is 13.8 Å². The molecule has 66 valence electrons. The maximum absolute atomic E-state index is 10.8. The summed E-state index contributed by atoms with van der Waals surface area (Å²) in [6, 6.07) is 0. The molecule has 1 rings (SSSR count). The Hall–Kier alpha value is -0.840. The fourth-order valence-electron chi connectivity index (χ4n) is 0.935. The average molecular weight is 232 g/mol. The predicted octanol–water partition coefficient (Wildman–Crippen LogP) is 1.45. The van der Waals surface area contributed by atoms with Gasteiger partial charge in [-0.05, 0) is 22.9 Å². The summed E-state index contributed by atoms with van der Waals surface area (Å²) in [4.78, 5) is 10.8. The number of carbonyl (C=O) groups is 1. The molecule has 0 aliphatic carbocycles. The second-order valence-electron chi connectivity index (χ2n) is 2.55. The molecule has 5 heteroatoms. The molecule has 0 saturated carbocycles. The van der Waals surface area contributed by atoms with Crippen LogP contribution in [0.4, 0.5) is 5.82 Å². The smallest absolute Gasteiger partial charge is 0.222 e. The van der Waals surface area contributed by atoms with Crippen LogP contribution in [0.1, 0.15) is 12.6 Å². The quantitative estimate of drug-likeness (QED) is 0.796. The number of amides is 1. The van der Waals surface area contributed by atoms with Gasteiger partial charge in [0.2, 0.25) is 5.91 Å². The van der Waals surface area contributed by atoms with Gasteiger partial charge in [0.25, 0.3) is 0 Å².